The SMILES string of the molecule is CCN(CC)C(c1ccccc1Cl)C(C)N. The highest BCUT2D eigenvalue weighted by Gasteiger charge is 2.23. The van der Waals surface area contributed by atoms with Crippen molar-refractivity contribution in [1.29, 1.82) is 0 Å². The molecule has 2 atom stereocenters. The van der Waals surface area contributed by atoms with Crippen LogP contribution in [0.25, 0.3) is 0 Å². The van der Waals surface area contributed by atoms with E-state index in [2.05, 4.69) is 24.8 Å². The summed E-state index contributed by atoms with van der Waals surface area (Å²) in [5.74, 6) is 0. The summed E-state index contributed by atoms with van der Waals surface area (Å²) in [4.78, 5) is 2.34. The molecule has 0 spiro atoms. The third kappa shape index (κ3) is 2.97. The maximum Gasteiger partial charge on any atom is 0.0510 e. The maximum absolute atomic E-state index is 6.24. The van der Waals surface area contributed by atoms with Crippen LogP contribution in [-0.2, 0) is 0 Å². The first-order valence-corrected chi connectivity index (χ1v) is 6.23. The van der Waals surface area contributed by atoms with E-state index in [1.807, 2.05) is 25.1 Å². The minimum absolute atomic E-state index is 0.0693. The van der Waals surface area contributed by atoms with Crippen LogP contribution in [0.3, 0.4) is 0 Å². The number of likely N-dealkylation sites (N-methyl/N-ethyl adjacent to an activating group) is 1. The van der Waals surface area contributed by atoms with Crippen LogP contribution < -0.4 is 5.73 Å². The van der Waals surface area contributed by atoms with Crippen LogP contribution in [-0.4, -0.2) is 24.0 Å². The Morgan fingerprint density at radius 2 is 1.81 bits per heavy atom. The molecule has 0 bridgehead atoms. The van der Waals surface area contributed by atoms with Gasteiger partial charge in [-0.1, -0.05) is 43.6 Å². The van der Waals surface area contributed by atoms with Crippen LogP contribution in [0.2, 0.25) is 5.02 Å². The molecule has 0 heterocycles. The number of nitrogens with two attached hydrogens (primary N) is 1. The monoisotopic (exact) mass is 240 g/mol. The van der Waals surface area contributed by atoms with E-state index in [9.17, 15) is 0 Å². The lowest BCUT2D eigenvalue weighted by atomic mass is 9.99. The summed E-state index contributed by atoms with van der Waals surface area (Å²) in [5, 5.41) is 0.803. The number of hydrogen-bond acceptors (Lipinski definition) is 2. The summed E-state index contributed by atoms with van der Waals surface area (Å²) in [6, 6.07) is 8.22. The number of halogens is 1. The first-order chi connectivity index (χ1) is 7.61. The zero-order valence-corrected chi connectivity index (χ0v) is 11.0. The Labute approximate surface area is 103 Å². The standard InChI is InChI=1S/C13H21ClN2/c1-4-16(5-2)13(10(3)15)11-8-6-7-9-12(11)14/h6-10,13H,4-5,15H2,1-3H3. The first kappa shape index (κ1) is 13.5. The number of benzene rings is 1. The molecular weight excluding hydrogens is 220 g/mol. The van der Waals surface area contributed by atoms with E-state index >= 15 is 0 Å². The summed E-state index contributed by atoms with van der Waals surface area (Å²) in [6.45, 7) is 8.29. The highest BCUT2D eigenvalue weighted by Crippen LogP contribution is 2.29. The van der Waals surface area contributed by atoms with Gasteiger partial charge in [0, 0.05) is 11.1 Å². The van der Waals surface area contributed by atoms with Gasteiger partial charge in [-0.05, 0) is 31.6 Å². The van der Waals surface area contributed by atoms with E-state index in [1.165, 1.54) is 0 Å². The fourth-order valence-electron chi connectivity index (χ4n) is 2.14. The summed E-state index contributed by atoms with van der Waals surface area (Å²) < 4.78 is 0. The Morgan fingerprint density at radius 3 is 2.25 bits per heavy atom. The number of hydrogen-bond donors (Lipinski definition) is 1. The molecule has 0 radical (unpaired) electrons. The van der Waals surface area contributed by atoms with Gasteiger partial charge in [-0.25, -0.2) is 0 Å². The fourth-order valence-corrected chi connectivity index (χ4v) is 2.39. The molecule has 1 rings (SSSR count). The molecule has 0 fully saturated rings. The molecule has 0 aromatic heterocycles. The van der Waals surface area contributed by atoms with Crippen LogP contribution in [0.1, 0.15) is 32.4 Å². The summed E-state index contributed by atoms with van der Waals surface area (Å²) in [5.41, 5.74) is 7.22. The Balaban J connectivity index is 3.07. The second-order valence-electron chi connectivity index (χ2n) is 4.05. The molecule has 2 unspecified atom stereocenters. The van der Waals surface area contributed by atoms with Gasteiger partial charge in [-0.15, -0.1) is 0 Å². The highest BCUT2D eigenvalue weighted by atomic mass is 35.5. The Morgan fingerprint density at radius 1 is 1.25 bits per heavy atom. The van der Waals surface area contributed by atoms with Gasteiger partial charge in [0.2, 0.25) is 0 Å². The van der Waals surface area contributed by atoms with Crippen molar-refractivity contribution in [1.82, 2.24) is 4.90 Å². The fraction of sp³-hybridized carbons (Fsp3) is 0.538. The second kappa shape index (κ2) is 6.24. The van der Waals surface area contributed by atoms with Crippen LogP contribution in [0.5, 0.6) is 0 Å². The topological polar surface area (TPSA) is 29.3 Å². The minimum Gasteiger partial charge on any atom is -0.326 e. The average Bonchev–Trinajstić information content (AvgIpc) is 2.27. The molecule has 0 aliphatic carbocycles. The number of rotatable bonds is 5. The predicted molar refractivity (Wildman–Crippen MR) is 70.8 cm³/mol. The molecule has 1 aromatic carbocycles. The molecule has 0 saturated carbocycles. The van der Waals surface area contributed by atoms with Crippen molar-refractivity contribution in [2.75, 3.05) is 13.1 Å². The van der Waals surface area contributed by atoms with E-state index in [4.69, 9.17) is 17.3 Å². The molecule has 2 nitrogen and oxygen atoms in total. The van der Waals surface area contributed by atoms with Gasteiger partial charge in [0.05, 0.1) is 6.04 Å². The van der Waals surface area contributed by atoms with Crippen molar-refractivity contribution >= 4 is 11.6 Å². The van der Waals surface area contributed by atoms with Crippen molar-refractivity contribution in [2.24, 2.45) is 5.73 Å². The molecule has 0 amide bonds. The Bertz CT molecular complexity index is 321. The van der Waals surface area contributed by atoms with Gasteiger partial charge in [0.15, 0.2) is 0 Å². The third-order valence-electron chi connectivity index (χ3n) is 2.93. The predicted octanol–water partition coefficient (Wildman–Crippen LogP) is 3.07. The Hall–Kier alpha value is -0.570. The lowest BCUT2D eigenvalue weighted by Gasteiger charge is -2.33. The summed E-state index contributed by atoms with van der Waals surface area (Å²) in [7, 11) is 0. The van der Waals surface area contributed by atoms with Crippen molar-refractivity contribution < 1.29 is 0 Å². The maximum atomic E-state index is 6.24. The van der Waals surface area contributed by atoms with Gasteiger partial charge >= 0.3 is 0 Å². The van der Waals surface area contributed by atoms with Crippen molar-refractivity contribution in [3.8, 4) is 0 Å². The molecule has 0 aliphatic rings. The van der Waals surface area contributed by atoms with Gasteiger partial charge in [-0.2, -0.15) is 0 Å². The van der Waals surface area contributed by atoms with E-state index in [-0.39, 0.29) is 12.1 Å². The summed E-state index contributed by atoms with van der Waals surface area (Å²) in [6.07, 6.45) is 0. The van der Waals surface area contributed by atoms with Gasteiger partial charge < -0.3 is 5.73 Å². The van der Waals surface area contributed by atoms with Crippen LogP contribution >= 0.6 is 11.6 Å². The van der Waals surface area contributed by atoms with Crippen LogP contribution in [0.4, 0.5) is 0 Å². The average molecular weight is 241 g/mol. The smallest absolute Gasteiger partial charge is 0.0510 e. The molecule has 1 aromatic rings. The largest absolute Gasteiger partial charge is 0.326 e. The highest BCUT2D eigenvalue weighted by molar-refractivity contribution is 6.31. The third-order valence-corrected chi connectivity index (χ3v) is 3.27. The van der Waals surface area contributed by atoms with Gasteiger partial charge in [-0.3, -0.25) is 4.90 Å². The lowest BCUT2D eigenvalue weighted by Crippen LogP contribution is -2.39. The summed E-state index contributed by atoms with van der Waals surface area (Å²) >= 11 is 6.24. The molecule has 0 saturated heterocycles. The van der Waals surface area contributed by atoms with E-state index in [0.29, 0.717) is 0 Å². The zero-order valence-electron chi connectivity index (χ0n) is 10.3. The van der Waals surface area contributed by atoms with Crippen molar-refractivity contribution in [2.45, 2.75) is 32.9 Å². The Kier molecular flexibility index (Phi) is 5.26. The van der Waals surface area contributed by atoms with Gasteiger partial charge in [0.25, 0.3) is 0 Å². The van der Waals surface area contributed by atoms with E-state index in [1.54, 1.807) is 0 Å². The minimum atomic E-state index is 0.0693. The van der Waals surface area contributed by atoms with Crippen molar-refractivity contribution in [3.05, 3.63) is 34.9 Å². The normalized spacial score (nSPS) is 15.1. The second-order valence-corrected chi connectivity index (χ2v) is 4.45. The van der Waals surface area contributed by atoms with E-state index < -0.39 is 0 Å². The number of nitrogens with zero attached hydrogens (tertiary/aromatic N) is 1. The molecule has 0 aliphatic heterocycles. The molecule has 3 heteroatoms. The molecule has 2 N–H and O–H groups in total. The lowest BCUT2D eigenvalue weighted by molar-refractivity contribution is 0.195. The van der Waals surface area contributed by atoms with Gasteiger partial charge in [0.1, 0.15) is 0 Å². The van der Waals surface area contributed by atoms with Crippen LogP contribution in [0.15, 0.2) is 24.3 Å². The molecular formula is C13H21ClN2. The van der Waals surface area contributed by atoms with Crippen LogP contribution in [0, 0.1) is 0 Å². The molecule has 16 heavy (non-hydrogen) atoms. The molecule has 90 valence electrons. The van der Waals surface area contributed by atoms with E-state index in [0.717, 1.165) is 23.7 Å². The quantitative estimate of drug-likeness (QED) is 0.857. The van der Waals surface area contributed by atoms with Crippen molar-refractivity contribution in [3.63, 3.8) is 0 Å². The first-order valence-electron chi connectivity index (χ1n) is 5.85. The zero-order chi connectivity index (χ0) is 12.1.